The molecular weight excluding hydrogens is 246 g/mol. The second-order valence-electron chi connectivity index (χ2n) is 7.92. The highest BCUT2D eigenvalue weighted by Gasteiger charge is 2.54. The molecule has 0 radical (unpaired) electrons. The Labute approximate surface area is 125 Å². The van der Waals surface area contributed by atoms with E-state index >= 15 is 0 Å². The summed E-state index contributed by atoms with van der Waals surface area (Å²) in [5, 5.41) is 11.5. The first-order valence-corrected chi connectivity index (χ1v) is 8.90. The molecule has 2 saturated carbocycles. The van der Waals surface area contributed by atoms with Crippen LogP contribution in [-0.4, -0.2) is 17.3 Å². The largest absolute Gasteiger partial charge is 0.389 e. The average molecular weight is 281 g/mol. The Morgan fingerprint density at radius 2 is 1.75 bits per heavy atom. The van der Waals surface area contributed by atoms with Crippen molar-refractivity contribution in [1.29, 1.82) is 0 Å². The van der Waals surface area contributed by atoms with Gasteiger partial charge in [0.25, 0.3) is 0 Å². The molecule has 0 aromatic heterocycles. The summed E-state index contributed by atoms with van der Waals surface area (Å²) in [5.74, 6) is 2.04. The third-order valence-corrected chi connectivity index (χ3v) is 6.66. The van der Waals surface area contributed by atoms with Crippen LogP contribution in [0.3, 0.4) is 0 Å². The minimum absolute atomic E-state index is 0.00318. The van der Waals surface area contributed by atoms with Crippen molar-refractivity contribution in [2.75, 3.05) is 6.54 Å². The highest BCUT2D eigenvalue weighted by molar-refractivity contribution is 5.06. The zero-order valence-corrected chi connectivity index (χ0v) is 13.8. The van der Waals surface area contributed by atoms with E-state index in [-0.39, 0.29) is 5.41 Å². The maximum atomic E-state index is 11.5. The van der Waals surface area contributed by atoms with Gasteiger partial charge in [-0.2, -0.15) is 0 Å². The van der Waals surface area contributed by atoms with Crippen molar-refractivity contribution in [2.45, 2.75) is 84.2 Å². The van der Waals surface area contributed by atoms with Gasteiger partial charge in [0.1, 0.15) is 0 Å². The van der Waals surface area contributed by atoms with E-state index in [1.165, 1.54) is 32.1 Å². The van der Waals surface area contributed by atoms with Gasteiger partial charge in [0, 0.05) is 12.0 Å². The minimum atomic E-state index is -0.508. The molecule has 2 heteroatoms. The molecule has 3 atom stereocenters. The molecule has 0 bridgehead atoms. The average Bonchev–Trinajstić information content (AvgIpc) is 2.45. The van der Waals surface area contributed by atoms with Crippen LogP contribution >= 0.6 is 0 Å². The first-order chi connectivity index (χ1) is 9.47. The van der Waals surface area contributed by atoms with Gasteiger partial charge in [0.15, 0.2) is 0 Å². The summed E-state index contributed by atoms with van der Waals surface area (Å²) in [6.07, 6.45) is 10.8. The van der Waals surface area contributed by atoms with Crippen LogP contribution in [0.15, 0.2) is 0 Å². The molecule has 2 aliphatic rings. The lowest BCUT2D eigenvalue weighted by Crippen LogP contribution is -2.59. The van der Waals surface area contributed by atoms with Crippen molar-refractivity contribution >= 4 is 0 Å². The molecule has 118 valence electrons. The van der Waals surface area contributed by atoms with Gasteiger partial charge in [0.2, 0.25) is 0 Å². The van der Waals surface area contributed by atoms with Gasteiger partial charge in [-0.15, -0.1) is 0 Å². The van der Waals surface area contributed by atoms with E-state index in [9.17, 15) is 5.11 Å². The van der Waals surface area contributed by atoms with E-state index in [1.807, 2.05) is 0 Å². The lowest BCUT2D eigenvalue weighted by molar-refractivity contribution is -0.163. The molecule has 3 unspecified atom stereocenters. The fourth-order valence-electron chi connectivity index (χ4n) is 5.16. The summed E-state index contributed by atoms with van der Waals surface area (Å²) in [4.78, 5) is 0. The van der Waals surface area contributed by atoms with Crippen molar-refractivity contribution < 1.29 is 5.11 Å². The fourth-order valence-corrected chi connectivity index (χ4v) is 5.16. The van der Waals surface area contributed by atoms with E-state index in [0.717, 1.165) is 37.5 Å². The zero-order valence-electron chi connectivity index (χ0n) is 13.8. The van der Waals surface area contributed by atoms with Gasteiger partial charge >= 0.3 is 0 Å². The molecule has 0 aromatic rings. The molecule has 20 heavy (non-hydrogen) atoms. The lowest BCUT2D eigenvalue weighted by Gasteiger charge is -2.56. The lowest BCUT2D eigenvalue weighted by atomic mass is 9.53. The van der Waals surface area contributed by atoms with E-state index in [2.05, 4.69) is 20.8 Å². The predicted molar refractivity (Wildman–Crippen MR) is 85.5 cm³/mol. The van der Waals surface area contributed by atoms with Gasteiger partial charge in [-0.3, -0.25) is 0 Å². The van der Waals surface area contributed by atoms with Crippen molar-refractivity contribution in [2.24, 2.45) is 28.9 Å². The van der Waals surface area contributed by atoms with E-state index in [1.54, 1.807) is 0 Å². The predicted octanol–water partition coefficient (Wildman–Crippen LogP) is 4.11. The quantitative estimate of drug-likeness (QED) is 0.814. The molecule has 0 heterocycles. The summed E-state index contributed by atoms with van der Waals surface area (Å²) in [5.41, 5.74) is 5.70. The Morgan fingerprint density at radius 3 is 2.25 bits per heavy atom. The zero-order chi connectivity index (χ0) is 14.8. The van der Waals surface area contributed by atoms with Gasteiger partial charge in [-0.25, -0.2) is 0 Å². The van der Waals surface area contributed by atoms with Crippen LogP contribution in [0.1, 0.15) is 78.6 Å². The normalized spacial score (nSPS) is 46.4. The number of nitrogens with two attached hydrogens (primary N) is 1. The molecule has 2 fully saturated rings. The Kier molecular flexibility index (Phi) is 5.18. The Morgan fingerprint density at radius 1 is 1.10 bits per heavy atom. The maximum Gasteiger partial charge on any atom is 0.0741 e. The highest BCUT2D eigenvalue weighted by atomic mass is 16.3. The van der Waals surface area contributed by atoms with Crippen LogP contribution in [0.2, 0.25) is 0 Å². The molecule has 0 aromatic carbocycles. The van der Waals surface area contributed by atoms with E-state index in [4.69, 9.17) is 5.73 Å². The summed E-state index contributed by atoms with van der Waals surface area (Å²) in [6.45, 7) is 7.53. The van der Waals surface area contributed by atoms with Crippen LogP contribution in [0.4, 0.5) is 0 Å². The molecule has 2 rings (SSSR count). The molecule has 0 amide bonds. The molecule has 0 saturated heterocycles. The number of hydrogen-bond acceptors (Lipinski definition) is 2. The van der Waals surface area contributed by atoms with Crippen molar-refractivity contribution in [1.82, 2.24) is 0 Å². The second kappa shape index (κ2) is 6.36. The van der Waals surface area contributed by atoms with Gasteiger partial charge in [-0.1, -0.05) is 33.6 Å². The van der Waals surface area contributed by atoms with E-state index in [0.29, 0.717) is 12.5 Å². The smallest absolute Gasteiger partial charge is 0.0741 e. The monoisotopic (exact) mass is 281 g/mol. The highest BCUT2D eigenvalue weighted by Crippen LogP contribution is 2.54. The number of aliphatic hydroxyl groups is 1. The summed E-state index contributed by atoms with van der Waals surface area (Å²) >= 11 is 0. The Bertz CT molecular complexity index is 309. The molecule has 3 N–H and O–H groups in total. The first-order valence-electron chi connectivity index (χ1n) is 8.90. The topological polar surface area (TPSA) is 46.2 Å². The fraction of sp³-hybridized carbons (Fsp3) is 1.00. The molecular formula is C18H35NO. The van der Waals surface area contributed by atoms with Crippen LogP contribution in [0.5, 0.6) is 0 Å². The molecule has 2 aliphatic carbocycles. The maximum absolute atomic E-state index is 11.5. The van der Waals surface area contributed by atoms with Gasteiger partial charge in [-0.05, 0) is 62.7 Å². The number of rotatable bonds is 4. The number of hydrogen-bond donors (Lipinski definition) is 2. The van der Waals surface area contributed by atoms with Gasteiger partial charge < -0.3 is 10.8 Å². The van der Waals surface area contributed by atoms with E-state index < -0.39 is 5.60 Å². The third kappa shape index (κ3) is 2.78. The third-order valence-electron chi connectivity index (χ3n) is 6.66. The first kappa shape index (κ1) is 16.3. The Hall–Kier alpha value is -0.0800. The van der Waals surface area contributed by atoms with Crippen LogP contribution in [-0.2, 0) is 0 Å². The standard InChI is InChI=1S/C18H35NO/c1-4-5-16-7-9-17(13-19,10-8-16)18(20)11-6-14(2)12-15(18)3/h14-16,20H,4-13,19H2,1-3H3. The summed E-state index contributed by atoms with van der Waals surface area (Å²) in [7, 11) is 0. The van der Waals surface area contributed by atoms with Gasteiger partial charge in [0.05, 0.1) is 5.60 Å². The summed E-state index contributed by atoms with van der Waals surface area (Å²) in [6, 6.07) is 0. The SMILES string of the molecule is CCCC1CCC(CN)(C2(O)CCC(C)CC2C)CC1. The second-order valence-corrected chi connectivity index (χ2v) is 7.92. The van der Waals surface area contributed by atoms with Crippen LogP contribution < -0.4 is 5.73 Å². The molecule has 0 spiro atoms. The summed E-state index contributed by atoms with van der Waals surface area (Å²) < 4.78 is 0. The van der Waals surface area contributed by atoms with Crippen molar-refractivity contribution in [3.8, 4) is 0 Å². The molecule has 0 aliphatic heterocycles. The Balaban J connectivity index is 2.11. The minimum Gasteiger partial charge on any atom is -0.389 e. The van der Waals surface area contributed by atoms with Crippen molar-refractivity contribution in [3.63, 3.8) is 0 Å². The van der Waals surface area contributed by atoms with Crippen LogP contribution in [0.25, 0.3) is 0 Å². The van der Waals surface area contributed by atoms with Crippen LogP contribution in [0, 0.1) is 23.2 Å². The van der Waals surface area contributed by atoms with Crippen molar-refractivity contribution in [3.05, 3.63) is 0 Å². The molecule has 2 nitrogen and oxygen atoms in total.